The van der Waals surface area contributed by atoms with Crippen molar-refractivity contribution in [2.75, 3.05) is 0 Å². The van der Waals surface area contributed by atoms with Gasteiger partial charge in [0, 0.05) is 0 Å². The maximum absolute atomic E-state index is 10.3. The van der Waals surface area contributed by atoms with Crippen molar-refractivity contribution in [2.24, 2.45) is 0 Å². The van der Waals surface area contributed by atoms with Crippen molar-refractivity contribution in [3.63, 3.8) is 0 Å². The van der Waals surface area contributed by atoms with Crippen LogP contribution in [0.15, 0.2) is 11.4 Å². The molecule has 0 aromatic carbocycles. The van der Waals surface area contributed by atoms with E-state index >= 15 is 0 Å². The van der Waals surface area contributed by atoms with Crippen molar-refractivity contribution in [1.82, 2.24) is 0 Å². The number of aryl methyl sites for hydroxylation is 1. The summed E-state index contributed by atoms with van der Waals surface area (Å²) < 4.78 is 0. The first-order valence-electron chi connectivity index (χ1n) is 2.49. The zero-order chi connectivity index (χ0) is 6.85. The van der Waals surface area contributed by atoms with E-state index in [4.69, 9.17) is 5.11 Å². The van der Waals surface area contributed by atoms with E-state index in [-0.39, 0.29) is 59.1 Å². The van der Waals surface area contributed by atoms with Crippen molar-refractivity contribution in [3.8, 4) is 0 Å². The Morgan fingerprint density at radius 2 is 2.09 bits per heavy atom. The molecule has 0 unspecified atom stereocenters. The van der Waals surface area contributed by atoms with Gasteiger partial charge in [-0.25, -0.2) is 4.79 Å². The topological polar surface area (TPSA) is 37.3 Å². The molecule has 0 saturated heterocycles. The summed E-state index contributed by atoms with van der Waals surface area (Å²) in [4.78, 5) is 10.7. The van der Waals surface area contributed by atoms with Gasteiger partial charge in [-0.1, -0.05) is 0 Å². The second-order valence-electron chi connectivity index (χ2n) is 1.74. The Morgan fingerprint density at radius 1 is 1.55 bits per heavy atom. The Kier molecular flexibility index (Phi) is 8.89. The van der Waals surface area contributed by atoms with Crippen LogP contribution in [0.3, 0.4) is 0 Å². The molecule has 0 fully saturated rings. The first-order chi connectivity index (χ1) is 4.22. The second-order valence-corrected chi connectivity index (χ2v) is 2.65. The SMILES string of the molecule is Cc1ccsc1C(=O)O.[NaH].[NaH]. The Bertz CT molecular complexity index is 234. The average Bonchev–Trinajstić information content (AvgIpc) is 2.13. The van der Waals surface area contributed by atoms with E-state index in [1.165, 1.54) is 11.3 Å². The summed E-state index contributed by atoms with van der Waals surface area (Å²) in [5.74, 6) is -0.831. The molecule has 1 aromatic heterocycles. The van der Waals surface area contributed by atoms with E-state index in [9.17, 15) is 4.79 Å². The Hall–Kier alpha value is 1.17. The molecular weight excluding hydrogens is 182 g/mol. The van der Waals surface area contributed by atoms with Gasteiger partial charge < -0.3 is 5.11 Å². The summed E-state index contributed by atoms with van der Waals surface area (Å²) >= 11 is 1.26. The summed E-state index contributed by atoms with van der Waals surface area (Å²) in [5, 5.41) is 10.2. The Morgan fingerprint density at radius 3 is 2.27 bits per heavy atom. The van der Waals surface area contributed by atoms with Crippen molar-refractivity contribution < 1.29 is 9.90 Å². The number of carbonyl (C=O) groups is 1. The molecule has 1 N–H and O–H groups in total. The van der Waals surface area contributed by atoms with Gasteiger partial charge in [0.1, 0.15) is 4.88 Å². The molecule has 0 bridgehead atoms. The molecule has 1 heterocycles. The quantitative estimate of drug-likeness (QED) is 0.653. The summed E-state index contributed by atoms with van der Waals surface area (Å²) in [6.45, 7) is 1.79. The molecule has 52 valence electrons. The van der Waals surface area contributed by atoms with Gasteiger partial charge in [-0.15, -0.1) is 11.3 Å². The van der Waals surface area contributed by atoms with Crippen LogP contribution < -0.4 is 0 Å². The van der Waals surface area contributed by atoms with Crippen LogP contribution in [0.2, 0.25) is 0 Å². The van der Waals surface area contributed by atoms with Crippen molar-refractivity contribution in [3.05, 3.63) is 21.9 Å². The fourth-order valence-electron chi connectivity index (χ4n) is 0.592. The van der Waals surface area contributed by atoms with Crippen LogP contribution in [0.1, 0.15) is 15.2 Å². The first-order valence-corrected chi connectivity index (χ1v) is 3.37. The predicted molar refractivity (Wildman–Crippen MR) is 50.3 cm³/mol. The summed E-state index contributed by atoms with van der Waals surface area (Å²) in [6, 6.07) is 1.80. The number of carboxylic acids is 1. The number of thiophene rings is 1. The van der Waals surface area contributed by atoms with E-state index in [0.29, 0.717) is 4.88 Å². The molecular formula is C6H8Na2O2S. The van der Waals surface area contributed by atoms with Crippen LogP contribution in [0.5, 0.6) is 0 Å². The average molecular weight is 190 g/mol. The van der Waals surface area contributed by atoms with Gasteiger partial charge in [-0.3, -0.25) is 0 Å². The van der Waals surface area contributed by atoms with Gasteiger partial charge in [0.2, 0.25) is 0 Å². The van der Waals surface area contributed by atoms with Gasteiger partial charge in [0.15, 0.2) is 0 Å². The van der Waals surface area contributed by atoms with Crippen LogP contribution in [0.25, 0.3) is 0 Å². The van der Waals surface area contributed by atoms with E-state index < -0.39 is 5.97 Å². The molecule has 11 heavy (non-hydrogen) atoms. The number of carboxylic acid groups (broad SMARTS) is 1. The third kappa shape index (κ3) is 4.08. The Labute approximate surface area is 114 Å². The third-order valence-corrected chi connectivity index (χ3v) is 2.06. The fourth-order valence-corrected chi connectivity index (χ4v) is 1.35. The molecule has 2 nitrogen and oxygen atoms in total. The molecule has 0 saturated carbocycles. The molecule has 0 spiro atoms. The molecule has 0 radical (unpaired) electrons. The van der Waals surface area contributed by atoms with Crippen LogP contribution in [-0.2, 0) is 0 Å². The van der Waals surface area contributed by atoms with E-state index in [0.717, 1.165) is 5.56 Å². The zero-order valence-electron chi connectivity index (χ0n) is 4.92. The summed E-state index contributed by atoms with van der Waals surface area (Å²) in [6.07, 6.45) is 0. The van der Waals surface area contributed by atoms with Gasteiger partial charge in [0.25, 0.3) is 0 Å². The van der Waals surface area contributed by atoms with Crippen LogP contribution in [0.4, 0.5) is 0 Å². The number of rotatable bonds is 1. The molecule has 1 aromatic rings. The van der Waals surface area contributed by atoms with Crippen molar-refractivity contribution in [1.29, 1.82) is 0 Å². The van der Waals surface area contributed by atoms with E-state index in [2.05, 4.69) is 0 Å². The molecule has 0 atom stereocenters. The van der Waals surface area contributed by atoms with Gasteiger partial charge in [-0.05, 0) is 23.9 Å². The molecule has 0 aliphatic rings. The van der Waals surface area contributed by atoms with Gasteiger partial charge in [0.05, 0.1) is 0 Å². The number of aromatic carboxylic acids is 1. The number of hydrogen-bond acceptors (Lipinski definition) is 2. The molecule has 5 heteroatoms. The first kappa shape index (κ1) is 14.7. The maximum atomic E-state index is 10.3. The van der Waals surface area contributed by atoms with Crippen LogP contribution in [-0.4, -0.2) is 70.2 Å². The van der Waals surface area contributed by atoms with E-state index in [1.54, 1.807) is 18.4 Å². The third-order valence-electron chi connectivity index (χ3n) is 1.06. The summed E-state index contributed by atoms with van der Waals surface area (Å²) in [5.41, 5.74) is 0.840. The molecule has 0 amide bonds. The van der Waals surface area contributed by atoms with Crippen LogP contribution in [0, 0.1) is 6.92 Å². The number of hydrogen-bond donors (Lipinski definition) is 1. The van der Waals surface area contributed by atoms with Crippen molar-refractivity contribution in [2.45, 2.75) is 6.92 Å². The molecule has 0 aliphatic carbocycles. The normalized spacial score (nSPS) is 7.73. The summed E-state index contributed by atoms with van der Waals surface area (Å²) in [7, 11) is 0. The van der Waals surface area contributed by atoms with Gasteiger partial charge in [-0.2, -0.15) is 0 Å². The second kappa shape index (κ2) is 6.66. The predicted octanol–water partition coefficient (Wildman–Crippen LogP) is 0.458. The zero-order valence-corrected chi connectivity index (χ0v) is 5.73. The Balaban J connectivity index is 0. The standard InChI is InChI=1S/C6H6O2S.2Na.2H/c1-4-2-3-9-5(4)6(7)8;;;;/h2-3H,1H3,(H,7,8);;;;. The minimum absolute atomic E-state index is 0. The monoisotopic (exact) mass is 190 g/mol. The fraction of sp³-hybridized carbons (Fsp3) is 0.167. The van der Waals surface area contributed by atoms with E-state index in [1.807, 2.05) is 0 Å². The molecule has 1 rings (SSSR count). The van der Waals surface area contributed by atoms with Crippen LogP contribution >= 0.6 is 11.3 Å². The minimum atomic E-state index is -0.831. The van der Waals surface area contributed by atoms with Gasteiger partial charge >= 0.3 is 65.1 Å². The molecule has 0 aliphatic heterocycles. The van der Waals surface area contributed by atoms with Crippen molar-refractivity contribution >= 4 is 76.4 Å².